The van der Waals surface area contributed by atoms with E-state index in [2.05, 4.69) is 24.1 Å². The highest BCUT2D eigenvalue weighted by Gasteiger charge is 2.28. The van der Waals surface area contributed by atoms with Crippen molar-refractivity contribution in [2.75, 3.05) is 19.6 Å². The van der Waals surface area contributed by atoms with E-state index >= 15 is 0 Å². The molecule has 0 aromatic heterocycles. The van der Waals surface area contributed by atoms with Gasteiger partial charge in [-0.1, -0.05) is 26.7 Å². The van der Waals surface area contributed by atoms with Crippen molar-refractivity contribution in [3.63, 3.8) is 0 Å². The highest BCUT2D eigenvalue weighted by Crippen LogP contribution is 2.16. The number of nitrogens with two attached hydrogens (primary N) is 1. The number of piperidine rings is 1. The van der Waals surface area contributed by atoms with E-state index in [1.165, 1.54) is 19.3 Å². The molecule has 114 valence electrons. The maximum Gasteiger partial charge on any atom is 0.239 e. The van der Waals surface area contributed by atoms with Crippen LogP contribution in [0.4, 0.5) is 0 Å². The molecule has 0 aliphatic carbocycles. The van der Waals surface area contributed by atoms with E-state index in [0.717, 1.165) is 32.5 Å². The Morgan fingerprint density at radius 2 is 2.11 bits per heavy atom. The third kappa shape index (κ3) is 5.67. The van der Waals surface area contributed by atoms with Gasteiger partial charge in [-0.2, -0.15) is 0 Å². The molecule has 1 heterocycles. The second-order valence-corrected chi connectivity index (χ2v) is 5.66. The van der Waals surface area contributed by atoms with Crippen LogP contribution >= 0.6 is 12.4 Å². The number of rotatable bonds is 6. The zero-order chi connectivity index (χ0) is 13.6. The molecule has 1 fully saturated rings. The zero-order valence-corrected chi connectivity index (χ0v) is 13.4. The minimum absolute atomic E-state index is 0. The standard InChI is InChI=1S/C14H29N3O.ClH/c1-4-9-14(3,15)13(18)16-11-12-8-6-7-10-17(12)5-2;/h12H,4-11,15H2,1-3H3,(H,16,18);1H. The van der Waals surface area contributed by atoms with Gasteiger partial charge in [0.2, 0.25) is 5.91 Å². The van der Waals surface area contributed by atoms with Gasteiger partial charge >= 0.3 is 0 Å². The van der Waals surface area contributed by atoms with E-state index in [4.69, 9.17) is 5.73 Å². The van der Waals surface area contributed by atoms with Crippen LogP contribution in [0.25, 0.3) is 0 Å². The first-order chi connectivity index (χ1) is 8.51. The fourth-order valence-electron chi connectivity index (χ4n) is 2.75. The number of hydrogen-bond donors (Lipinski definition) is 2. The molecule has 19 heavy (non-hydrogen) atoms. The van der Waals surface area contributed by atoms with E-state index in [1.807, 2.05) is 6.92 Å². The lowest BCUT2D eigenvalue weighted by molar-refractivity contribution is -0.126. The van der Waals surface area contributed by atoms with Gasteiger partial charge in [0.05, 0.1) is 5.54 Å². The van der Waals surface area contributed by atoms with Gasteiger partial charge < -0.3 is 11.1 Å². The summed E-state index contributed by atoms with van der Waals surface area (Å²) >= 11 is 0. The van der Waals surface area contributed by atoms with Crippen molar-refractivity contribution >= 4 is 18.3 Å². The van der Waals surface area contributed by atoms with Gasteiger partial charge in [0, 0.05) is 12.6 Å². The van der Waals surface area contributed by atoms with Gasteiger partial charge in [-0.15, -0.1) is 12.4 Å². The number of likely N-dealkylation sites (N-methyl/N-ethyl adjacent to an activating group) is 1. The summed E-state index contributed by atoms with van der Waals surface area (Å²) in [5, 5.41) is 3.04. The Balaban J connectivity index is 0.00000324. The lowest BCUT2D eigenvalue weighted by atomic mass is 9.96. The van der Waals surface area contributed by atoms with Gasteiger partial charge in [-0.3, -0.25) is 9.69 Å². The fraction of sp³-hybridized carbons (Fsp3) is 0.929. The van der Waals surface area contributed by atoms with Crippen LogP contribution in [-0.4, -0.2) is 42.0 Å². The molecule has 2 atom stereocenters. The first-order valence-electron chi connectivity index (χ1n) is 7.32. The molecule has 4 nitrogen and oxygen atoms in total. The van der Waals surface area contributed by atoms with Gasteiger partial charge in [0.15, 0.2) is 0 Å². The highest BCUT2D eigenvalue weighted by atomic mass is 35.5. The summed E-state index contributed by atoms with van der Waals surface area (Å²) in [4.78, 5) is 14.5. The van der Waals surface area contributed by atoms with Crippen LogP contribution in [0.2, 0.25) is 0 Å². The van der Waals surface area contributed by atoms with Gasteiger partial charge in [-0.25, -0.2) is 0 Å². The third-order valence-electron chi connectivity index (χ3n) is 3.94. The van der Waals surface area contributed by atoms with Crippen molar-refractivity contribution < 1.29 is 4.79 Å². The summed E-state index contributed by atoms with van der Waals surface area (Å²) in [6.07, 6.45) is 5.41. The molecule has 0 spiro atoms. The van der Waals surface area contributed by atoms with Crippen LogP contribution in [0.1, 0.15) is 52.9 Å². The highest BCUT2D eigenvalue weighted by molar-refractivity contribution is 5.85. The Bertz CT molecular complexity index is 271. The molecule has 1 aliphatic rings. The van der Waals surface area contributed by atoms with E-state index < -0.39 is 5.54 Å². The van der Waals surface area contributed by atoms with Crippen LogP contribution in [0.5, 0.6) is 0 Å². The van der Waals surface area contributed by atoms with Crippen molar-refractivity contribution in [2.45, 2.75) is 64.5 Å². The third-order valence-corrected chi connectivity index (χ3v) is 3.94. The average molecular weight is 292 g/mol. The van der Waals surface area contributed by atoms with Crippen LogP contribution in [-0.2, 0) is 4.79 Å². The number of nitrogens with one attached hydrogen (secondary N) is 1. The zero-order valence-electron chi connectivity index (χ0n) is 12.6. The fourth-order valence-corrected chi connectivity index (χ4v) is 2.75. The number of hydrogen-bond acceptors (Lipinski definition) is 3. The van der Waals surface area contributed by atoms with Crippen molar-refractivity contribution in [1.29, 1.82) is 0 Å². The minimum atomic E-state index is -0.722. The Labute approximate surface area is 123 Å². The normalized spacial score (nSPS) is 23.3. The van der Waals surface area contributed by atoms with E-state index in [1.54, 1.807) is 0 Å². The molecule has 3 N–H and O–H groups in total. The number of carbonyl (C=O) groups is 1. The quantitative estimate of drug-likeness (QED) is 0.786. The topological polar surface area (TPSA) is 58.4 Å². The molecule has 1 aliphatic heterocycles. The number of likely N-dealkylation sites (tertiary alicyclic amines) is 1. The van der Waals surface area contributed by atoms with Crippen LogP contribution in [0.3, 0.4) is 0 Å². The maximum absolute atomic E-state index is 12.0. The molecule has 0 aromatic rings. The summed E-state index contributed by atoms with van der Waals surface area (Å²) in [6, 6.07) is 0.491. The molecule has 2 unspecified atom stereocenters. The summed E-state index contributed by atoms with van der Waals surface area (Å²) < 4.78 is 0. The molecule has 0 radical (unpaired) electrons. The van der Waals surface area contributed by atoms with E-state index in [0.29, 0.717) is 6.04 Å². The monoisotopic (exact) mass is 291 g/mol. The predicted molar refractivity (Wildman–Crippen MR) is 82.6 cm³/mol. The number of amides is 1. The smallest absolute Gasteiger partial charge is 0.239 e. The first kappa shape index (κ1) is 18.7. The van der Waals surface area contributed by atoms with Gasteiger partial charge in [-0.05, 0) is 39.3 Å². The summed E-state index contributed by atoms with van der Waals surface area (Å²) in [6.45, 7) is 9.03. The van der Waals surface area contributed by atoms with Crippen LogP contribution in [0, 0.1) is 0 Å². The van der Waals surface area contributed by atoms with Crippen molar-refractivity contribution in [3.8, 4) is 0 Å². The summed E-state index contributed by atoms with van der Waals surface area (Å²) in [5.74, 6) is -0.00836. The molecule has 5 heteroatoms. The SMILES string of the molecule is CCCC(C)(N)C(=O)NCC1CCCCN1CC.Cl. The predicted octanol–water partition coefficient (Wildman–Crippen LogP) is 1.92. The molecule has 0 aromatic carbocycles. The number of halogens is 1. The minimum Gasteiger partial charge on any atom is -0.353 e. The van der Waals surface area contributed by atoms with E-state index in [-0.39, 0.29) is 18.3 Å². The van der Waals surface area contributed by atoms with Crippen LogP contribution < -0.4 is 11.1 Å². The summed E-state index contributed by atoms with van der Waals surface area (Å²) in [7, 11) is 0. The Morgan fingerprint density at radius 3 is 2.68 bits per heavy atom. The Morgan fingerprint density at radius 1 is 1.42 bits per heavy atom. The number of nitrogens with zero attached hydrogens (tertiary/aromatic N) is 1. The van der Waals surface area contributed by atoms with Crippen LogP contribution in [0.15, 0.2) is 0 Å². The second-order valence-electron chi connectivity index (χ2n) is 5.66. The molecule has 1 amide bonds. The first-order valence-corrected chi connectivity index (χ1v) is 7.32. The Kier molecular flexibility index (Phi) is 8.62. The lowest BCUT2D eigenvalue weighted by Gasteiger charge is -2.35. The Hall–Kier alpha value is -0.320. The molecule has 1 rings (SSSR count). The van der Waals surface area contributed by atoms with Crippen molar-refractivity contribution in [2.24, 2.45) is 5.73 Å². The molecule has 0 bridgehead atoms. The van der Waals surface area contributed by atoms with Crippen molar-refractivity contribution in [3.05, 3.63) is 0 Å². The second kappa shape index (κ2) is 8.77. The lowest BCUT2D eigenvalue weighted by Crippen LogP contribution is -2.55. The maximum atomic E-state index is 12.0. The average Bonchev–Trinajstić information content (AvgIpc) is 2.36. The molecular weight excluding hydrogens is 262 g/mol. The van der Waals surface area contributed by atoms with Gasteiger partial charge in [0.1, 0.15) is 0 Å². The molecular formula is C14H30ClN3O. The van der Waals surface area contributed by atoms with E-state index in [9.17, 15) is 4.79 Å². The molecule has 1 saturated heterocycles. The summed E-state index contributed by atoms with van der Waals surface area (Å²) in [5.41, 5.74) is 5.31. The van der Waals surface area contributed by atoms with Crippen molar-refractivity contribution in [1.82, 2.24) is 10.2 Å². The largest absolute Gasteiger partial charge is 0.353 e. The number of carbonyl (C=O) groups excluding carboxylic acids is 1. The molecule has 0 saturated carbocycles. The van der Waals surface area contributed by atoms with Gasteiger partial charge in [0.25, 0.3) is 0 Å².